The van der Waals surface area contributed by atoms with Crippen molar-refractivity contribution >= 4 is 5.96 Å². The van der Waals surface area contributed by atoms with Crippen LogP contribution in [0.5, 0.6) is 5.75 Å². The van der Waals surface area contributed by atoms with Gasteiger partial charge in [-0.1, -0.05) is 12.1 Å². The third kappa shape index (κ3) is 8.65. The second-order valence-corrected chi connectivity index (χ2v) is 8.02. The van der Waals surface area contributed by atoms with Gasteiger partial charge in [0.25, 0.3) is 0 Å². The molecular formula is C23H39N5O3. The third-order valence-corrected chi connectivity index (χ3v) is 5.68. The molecule has 1 unspecified atom stereocenters. The number of hydrogen-bond donors (Lipinski definition) is 2. The van der Waals surface area contributed by atoms with Crippen LogP contribution in [0.15, 0.2) is 29.3 Å². The van der Waals surface area contributed by atoms with Crippen molar-refractivity contribution < 1.29 is 14.2 Å². The highest BCUT2D eigenvalue weighted by molar-refractivity contribution is 5.79. The van der Waals surface area contributed by atoms with Gasteiger partial charge in [0.2, 0.25) is 0 Å². The fourth-order valence-electron chi connectivity index (χ4n) is 3.75. The maximum atomic E-state index is 5.97. The summed E-state index contributed by atoms with van der Waals surface area (Å²) in [5.74, 6) is 1.75. The predicted molar refractivity (Wildman–Crippen MR) is 124 cm³/mol. The van der Waals surface area contributed by atoms with E-state index in [4.69, 9.17) is 19.2 Å². The zero-order valence-electron chi connectivity index (χ0n) is 19.1. The zero-order chi connectivity index (χ0) is 21.7. The monoisotopic (exact) mass is 433 g/mol. The van der Waals surface area contributed by atoms with Gasteiger partial charge in [-0.05, 0) is 31.5 Å². The molecule has 0 radical (unpaired) electrons. The van der Waals surface area contributed by atoms with Crippen LogP contribution >= 0.6 is 0 Å². The van der Waals surface area contributed by atoms with E-state index in [0.717, 1.165) is 89.5 Å². The van der Waals surface area contributed by atoms with Crippen LogP contribution in [0.1, 0.15) is 19.4 Å². The number of nitrogens with zero attached hydrogens (tertiary/aromatic N) is 3. The van der Waals surface area contributed by atoms with E-state index in [0.29, 0.717) is 19.2 Å². The Morgan fingerprint density at radius 2 is 1.84 bits per heavy atom. The van der Waals surface area contributed by atoms with Gasteiger partial charge in [-0.3, -0.25) is 9.80 Å². The largest absolute Gasteiger partial charge is 0.492 e. The third-order valence-electron chi connectivity index (χ3n) is 5.68. The minimum Gasteiger partial charge on any atom is -0.492 e. The Bertz CT molecular complexity index is 660. The number of guanidine groups is 1. The molecule has 2 aliphatic heterocycles. The van der Waals surface area contributed by atoms with Crippen molar-refractivity contribution in [3.8, 4) is 5.75 Å². The van der Waals surface area contributed by atoms with Crippen molar-refractivity contribution in [2.45, 2.75) is 26.4 Å². The smallest absolute Gasteiger partial charge is 0.191 e. The molecule has 2 heterocycles. The van der Waals surface area contributed by atoms with Gasteiger partial charge in [0.15, 0.2) is 5.96 Å². The Labute approximate surface area is 186 Å². The SMILES string of the molecule is CCNC(=NCc1cccc(OCCN2CCOCC2)c1)NCC(C)N1CCOCC1. The molecule has 0 saturated carbocycles. The zero-order valence-corrected chi connectivity index (χ0v) is 19.1. The molecule has 174 valence electrons. The average Bonchev–Trinajstić information content (AvgIpc) is 2.82. The molecule has 0 spiro atoms. The van der Waals surface area contributed by atoms with Crippen LogP contribution in [0.25, 0.3) is 0 Å². The summed E-state index contributed by atoms with van der Waals surface area (Å²) in [6.07, 6.45) is 0. The normalized spacial score (nSPS) is 19.7. The minimum absolute atomic E-state index is 0.441. The number of benzene rings is 1. The van der Waals surface area contributed by atoms with E-state index in [2.05, 4.69) is 46.4 Å². The van der Waals surface area contributed by atoms with Crippen LogP contribution in [0, 0.1) is 0 Å². The summed E-state index contributed by atoms with van der Waals surface area (Å²) in [7, 11) is 0. The molecule has 8 nitrogen and oxygen atoms in total. The van der Waals surface area contributed by atoms with Crippen LogP contribution in [-0.2, 0) is 16.0 Å². The van der Waals surface area contributed by atoms with Crippen LogP contribution < -0.4 is 15.4 Å². The second-order valence-electron chi connectivity index (χ2n) is 8.02. The second kappa shape index (κ2) is 13.5. The van der Waals surface area contributed by atoms with Crippen LogP contribution in [0.2, 0.25) is 0 Å². The van der Waals surface area contributed by atoms with Gasteiger partial charge >= 0.3 is 0 Å². The number of nitrogens with one attached hydrogen (secondary N) is 2. The Balaban J connectivity index is 1.45. The highest BCUT2D eigenvalue weighted by Gasteiger charge is 2.17. The van der Waals surface area contributed by atoms with E-state index in [1.165, 1.54) is 0 Å². The maximum absolute atomic E-state index is 5.97. The lowest BCUT2D eigenvalue weighted by Crippen LogP contribution is -2.49. The van der Waals surface area contributed by atoms with E-state index in [9.17, 15) is 0 Å². The summed E-state index contributed by atoms with van der Waals surface area (Å²) >= 11 is 0. The lowest BCUT2D eigenvalue weighted by atomic mass is 10.2. The molecule has 0 amide bonds. The number of morpholine rings is 2. The van der Waals surface area contributed by atoms with Gasteiger partial charge in [-0.2, -0.15) is 0 Å². The first-order valence-corrected chi connectivity index (χ1v) is 11.6. The minimum atomic E-state index is 0.441. The Morgan fingerprint density at radius 3 is 2.58 bits per heavy atom. The van der Waals surface area contributed by atoms with E-state index >= 15 is 0 Å². The van der Waals surface area contributed by atoms with E-state index < -0.39 is 0 Å². The molecule has 1 aromatic rings. The molecule has 1 atom stereocenters. The van der Waals surface area contributed by atoms with E-state index in [1.54, 1.807) is 0 Å². The maximum Gasteiger partial charge on any atom is 0.191 e. The number of hydrogen-bond acceptors (Lipinski definition) is 6. The molecule has 1 aromatic carbocycles. The molecule has 0 bridgehead atoms. The first-order valence-electron chi connectivity index (χ1n) is 11.6. The fourth-order valence-corrected chi connectivity index (χ4v) is 3.75. The van der Waals surface area contributed by atoms with Gasteiger partial charge in [-0.25, -0.2) is 4.99 Å². The van der Waals surface area contributed by atoms with Gasteiger partial charge in [0.05, 0.1) is 33.0 Å². The van der Waals surface area contributed by atoms with E-state index in [1.807, 2.05) is 12.1 Å². The van der Waals surface area contributed by atoms with Crippen molar-refractivity contribution in [3.05, 3.63) is 29.8 Å². The average molecular weight is 434 g/mol. The summed E-state index contributed by atoms with van der Waals surface area (Å²) < 4.78 is 16.8. The molecule has 2 fully saturated rings. The van der Waals surface area contributed by atoms with Crippen LogP contribution in [-0.4, -0.2) is 101 Å². The van der Waals surface area contributed by atoms with Crippen molar-refractivity contribution in [2.24, 2.45) is 4.99 Å². The fraction of sp³-hybridized carbons (Fsp3) is 0.696. The topological polar surface area (TPSA) is 70.6 Å². The molecule has 3 rings (SSSR count). The summed E-state index contributed by atoms with van der Waals surface area (Å²) in [5.41, 5.74) is 1.14. The van der Waals surface area contributed by atoms with Gasteiger partial charge in [-0.15, -0.1) is 0 Å². The summed E-state index contributed by atoms with van der Waals surface area (Å²) in [4.78, 5) is 9.60. The van der Waals surface area contributed by atoms with Crippen molar-refractivity contribution in [2.75, 3.05) is 78.8 Å². The lowest BCUT2D eigenvalue weighted by molar-refractivity contribution is 0.0211. The van der Waals surface area contributed by atoms with Crippen molar-refractivity contribution in [1.82, 2.24) is 20.4 Å². The summed E-state index contributed by atoms with van der Waals surface area (Å²) in [6.45, 7) is 15.5. The Morgan fingerprint density at radius 1 is 1.10 bits per heavy atom. The van der Waals surface area contributed by atoms with Gasteiger partial charge in [0.1, 0.15) is 12.4 Å². The number of rotatable bonds is 10. The number of aliphatic imine (C=N–C) groups is 1. The molecule has 0 aromatic heterocycles. The molecule has 0 aliphatic carbocycles. The summed E-state index contributed by atoms with van der Waals surface area (Å²) in [6, 6.07) is 8.67. The van der Waals surface area contributed by atoms with E-state index in [-0.39, 0.29) is 0 Å². The van der Waals surface area contributed by atoms with Crippen LogP contribution in [0.3, 0.4) is 0 Å². The highest BCUT2D eigenvalue weighted by atomic mass is 16.5. The lowest BCUT2D eigenvalue weighted by Gasteiger charge is -2.32. The Kier molecular flexibility index (Phi) is 10.4. The molecule has 2 saturated heterocycles. The first kappa shape index (κ1) is 23.8. The molecule has 31 heavy (non-hydrogen) atoms. The summed E-state index contributed by atoms with van der Waals surface area (Å²) in [5, 5.41) is 6.83. The van der Waals surface area contributed by atoms with Crippen molar-refractivity contribution in [1.29, 1.82) is 0 Å². The molecular weight excluding hydrogens is 394 g/mol. The van der Waals surface area contributed by atoms with Gasteiger partial charge in [0, 0.05) is 51.9 Å². The standard InChI is InChI=1S/C23H39N5O3/c1-3-24-23(25-18-20(2)28-10-14-30-15-11-28)26-19-21-5-4-6-22(17-21)31-16-9-27-7-12-29-13-8-27/h4-6,17,20H,3,7-16,18-19H2,1-2H3,(H2,24,25,26). The van der Waals surface area contributed by atoms with Crippen LogP contribution in [0.4, 0.5) is 0 Å². The Hall–Kier alpha value is -1.87. The number of ether oxygens (including phenoxy) is 3. The highest BCUT2D eigenvalue weighted by Crippen LogP contribution is 2.14. The molecule has 8 heteroatoms. The first-order chi connectivity index (χ1) is 15.2. The quantitative estimate of drug-likeness (QED) is 0.424. The molecule has 2 N–H and O–H groups in total. The molecule has 2 aliphatic rings. The van der Waals surface area contributed by atoms with Crippen molar-refractivity contribution in [3.63, 3.8) is 0 Å². The van der Waals surface area contributed by atoms with Gasteiger partial charge < -0.3 is 24.8 Å². The predicted octanol–water partition coefficient (Wildman–Crippen LogP) is 1.17.